The molecule has 1 aliphatic rings. The van der Waals surface area contributed by atoms with Gasteiger partial charge in [0.25, 0.3) is 11.1 Å². The van der Waals surface area contributed by atoms with Gasteiger partial charge in [0.1, 0.15) is 11.6 Å². The topological polar surface area (TPSA) is 72.9 Å². The highest BCUT2D eigenvalue weighted by Crippen LogP contribution is 2.33. The first-order valence-electron chi connectivity index (χ1n) is 8.84. The molecular formula is C21H18FNO5S. The highest BCUT2D eigenvalue weighted by molar-refractivity contribution is 8.18. The Balaban J connectivity index is 1.64. The molecule has 6 nitrogen and oxygen atoms in total. The quantitative estimate of drug-likeness (QED) is 0.503. The minimum absolute atomic E-state index is 0.0862. The van der Waals surface area contributed by atoms with Crippen molar-refractivity contribution in [3.05, 3.63) is 70.4 Å². The van der Waals surface area contributed by atoms with Crippen molar-refractivity contribution in [3.63, 3.8) is 0 Å². The minimum atomic E-state index is -0.452. The average Bonchev–Trinajstić information content (AvgIpc) is 2.97. The molecule has 8 heteroatoms. The molecule has 0 aliphatic carbocycles. The maximum absolute atomic E-state index is 13.0. The second-order valence-corrected chi connectivity index (χ2v) is 7.05. The van der Waals surface area contributed by atoms with Crippen molar-refractivity contribution in [3.8, 4) is 5.75 Å². The maximum atomic E-state index is 13.0. The van der Waals surface area contributed by atoms with E-state index in [0.717, 1.165) is 16.7 Å². The van der Waals surface area contributed by atoms with Gasteiger partial charge in [0.15, 0.2) is 6.61 Å². The van der Waals surface area contributed by atoms with Gasteiger partial charge >= 0.3 is 5.97 Å². The van der Waals surface area contributed by atoms with E-state index < -0.39 is 11.9 Å². The standard InChI is InChI=1S/C21H18FNO5S/c1-2-27-19(24)13-28-17-9-5-14(6-10-17)11-18-20(25)23(21(26)29-18)12-15-3-7-16(22)8-4-15/h3-11H,2,12-13H2,1H3/b18-11-. The first kappa shape index (κ1) is 20.6. The molecule has 2 aromatic rings. The number of halogens is 1. The van der Waals surface area contributed by atoms with Crippen LogP contribution in [0.1, 0.15) is 18.1 Å². The van der Waals surface area contributed by atoms with Gasteiger partial charge in [0.2, 0.25) is 0 Å². The molecule has 150 valence electrons. The summed E-state index contributed by atoms with van der Waals surface area (Å²) in [5, 5.41) is -0.375. The van der Waals surface area contributed by atoms with E-state index in [0.29, 0.717) is 21.8 Å². The number of amides is 2. The number of nitrogens with zero attached hydrogens (tertiary/aromatic N) is 1. The molecule has 1 aliphatic heterocycles. The molecule has 0 saturated carbocycles. The Morgan fingerprint density at radius 3 is 2.45 bits per heavy atom. The third-order valence-electron chi connectivity index (χ3n) is 3.97. The SMILES string of the molecule is CCOC(=O)COc1ccc(/C=C2\SC(=O)N(Cc3ccc(F)cc3)C2=O)cc1. The summed E-state index contributed by atoms with van der Waals surface area (Å²) in [6.45, 7) is 1.91. The molecule has 3 rings (SSSR count). The number of carbonyl (C=O) groups excluding carboxylic acids is 3. The van der Waals surface area contributed by atoms with E-state index in [9.17, 15) is 18.8 Å². The number of rotatable bonds is 7. The van der Waals surface area contributed by atoms with Crippen LogP contribution in [-0.4, -0.2) is 35.2 Å². The molecule has 2 aromatic carbocycles. The van der Waals surface area contributed by atoms with Crippen molar-refractivity contribution in [2.24, 2.45) is 0 Å². The molecule has 0 atom stereocenters. The molecule has 29 heavy (non-hydrogen) atoms. The van der Waals surface area contributed by atoms with Crippen LogP contribution in [0.2, 0.25) is 0 Å². The Labute approximate surface area is 171 Å². The summed E-state index contributed by atoms with van der Waals surface area (Å²) in [5.41, 5.74) is 1.37. The Bertz CT molecular complexity index is 941. The predicted octanol–water partition coefficient (Wildman–Crippen LogP) is 4.00. The van der Waals surface area contributed by atoms with Gasteiger partial charge in [-0.05, 0) is 60.2 Å². The smallest absolute Gasteiger partial charge is 0.344 e. The van der Waals surface area contributed by atoms with Crippen molar-refractivity contribution >= 4 is 35.0 Å². The number of imide groups is 1. The third-order valence-corrected chi connectivity index (χ3v) is 4.87. The second kappa shape index (κ2) is 9.38. The van der Waals surface area contributed by atoms with Crippen molar-refractivity contribution in [2.45, 2.75) is 13.5 Å². The zero-order valence-electron chi connectivity index (χ0n) is 15.6. The van der Waals surface area contributed by atoms with Crippen LogP contribution in [0.4, 0.5) is 9.18 Å². The van der Waals surface area contributed by atoms with E-state index in [1.54, 1.807) is 37.3 Å². The van der Waals surface area contributed by atoms with Crippen molar-refractivity contribution in [1.29, 1.82) is 0 Å². The van der Waals surface area contributed by atoms with E-state index in [2.05, 4.69) is 0 Å². The number of benzene rings is 2. The Kier molecular flexibility index (Phi) is 6.66. The van der Waals surface area contributed by atoms with Gasteiger partial charge in [-0.3, -0.25) is 14.5 Å². The molecule has 0 spiro atoms. The van der Waals surface area contributed by atoms with E-state index >= 15 is 0 Å². The fourth-order valence-corrected chi connectivity index (χ4v) is 3.40. The third kappa shape index (κ3) is 5.45. The number of esters is 1. The largest absolute Gasteiger partial charge is 0.482 e. The molecule has 1 saturated heterocycles. The van der Waals surface area contributed by atoms with Crippen LogP contribution >= 0.6 is 11.8 Å². The summed E-state index contributed by atoms with van der Waals surface area (Å²) in [5.74, 6) is -0.740. The number of carbonyl (C=O) groups is 3. The van der Waals surface area contributed by atoms with Gasteiger partial charge in [-0.1, -0.05) is 24.3 Å². The summed E-state index contributed by atoms with van der Waals surface area (Å²) in [6, 6.07) is 12.4. The lowest BCUT2D eigenvalue weighted by Crippen LogP contribution is -2.27. The van der Waals surface area contributed by atoms with Crippen molar-refractivity contribution in [2.75, 3.05) is 13.2 Å². The summed E-state index contributed by atoms with van der Waals surface area (Å²) in [6.07, 6.45) is 1.62. The summed E-state index contributed by atoms with van der Waals surface area (Å²) < 4.78 is 23.1. The van der Waals surface area contributed by atoms with Crippen LogP contribution in [-0.2, 0) is 20.9 Å². The van der Waals surface area contributed by atoms with E-state index in [-0.39, 0.29) is 30.8 Å². The lowest BCUT2D eigenvalue weighted by Gasteiger charge is -2.12. The van der Waals surface area contributed by atoms with Crippen LogP contribution in [0.5, 0.6) is 5.75 Å². The number of thioether (sulfide) groups is 1. The molecule has 0 bridgehead atoms. The molecular weight excluding hydrogens is 397 g/mol. The Morgan fingerprint density at radius 1 is 1.10 bits per heavy atom. The predicted molar refractivity (Wildman–Crippen MR) is 106 cm³/mol. The van der Waals surface area contributed by atoms with Crippen LogP contribution in [0.3, 0.4) is 0 Å². The van der Waals surface area contributed by atoms with Crippen molar-refractivity contribution < 1.29 is 28.2 Å². The molecule has 0 N–H and O–H groups in total. The van der Waals surface area contributed by atoms with Gasteiger partial charge < -0.3 is 9.47 Å². The van der Waals surface area contributed by atoms with Gasteiger partial charge in [0, 0.05) is 0 Å². The maximum Gasteiger partial charge on any atom is 0.344 e. The van der Waals surface area contributed by atoms with Gasteiger partial charge in [-0.25, -0.2) is 9.18 Å². The molecule has 1 heterocycles. The van der Waals surface area contributed by atoms with Crippen LogP contribution in [0.25, 0.3) is 6.08 Å². The monoisotopic (exact) mass is 415 g/mol. The van der Waals surface area contributed by atoms with Gasteiger partial charge in [0.05, 0.1) is 18.1 Å². The Hall–Kier alpha value is -3.13. The molecule has 2 amide bonds. The van der Waals surface area contributed by atoms with E-state index in [4.69, 9.17) is 9.47 Å². The summed E-state index contributed by atoms with van der Waals surface area (Å²) in [4.78, 5) is 37.5. The zero-order valence-corrected chi connectivity index (χ0v) is 16.4. The number of hydrogen-bond donors (Lipinski definition) is 0. The minimum Gasteiger partial charge on any atom is -0.482 e. The van der Waals surface area contributed by atoms with Crippen molar-refractivity contribution in [1.82, 2.24) is 4.90 Å². The molecule has 0 radical (unpaired) electrons. The first-order chi connectivity index (χ1) is 14.0. The summed E-state index contributed by atoms with van der Waals surface area (Å²) in [7, 11) is 0. The fraction of sp³-hybridized carbons (Fsp3) is 0.190. The highest BCUT2D eigenvalue weighted by Gasteiger charge is 2.34. The van der Waals surface area contributed by atoms with E-state index in [1.165, 1.54) is 24.3 Å². The zero-order chi connectivity index (χ0) is 20.8. The van der Waals surface area contributed by atoms with E-state index in [1.807, 2.05) is 0 Å². The molecule has 1 fully saturated rings. The lowest BCUT2D eigenvalue weighted by molar-refractivity contribution is -0.145. The van der Waals surface area contributed by atoms with Crippen LogP contribution in [0, 0.1) is 5.82 Å². The van der Waals surface area contributed by atoms with Crippen LogP contribution in [0.15, 0.2) is 53.4 Å². The normalized spacial score (nSPS) is 15.1. The number of ether oxygens (including phenoxy) is 2. The molecule has 0 aromatic heterocycles. The second-order valence-electron chi connectivity index (χ2n) is 6.06. The fourth-order valence-electron chi connectivity index (χ4n) is 2.57. The highest BCUT2D eigenvalue weighted by atomic mass is 32.2. The van der Waals surface area contributed by atoms with Gasteiger partial charge in [-0.2, -0.15) is 0 Å². The van der Waals surface area contributed by atoms with Gasteiger partial charge in [-0.15, -0.1) is 0 Å². The van der Waals surface area contributed by atoms with Crippen LogP contribution < -0.4 is 4.74 Å². The summed E-state index contributed by atoms with van der Waals surface area (Å²) >= 11 is 0.855. The lowest BCUT2D eigenvalue weighted by atomic mass is 10.2. The first-order valence-corrected chi connectivity index (χ1v) is 9.66. The Morgan fingerprint density at radius 2 is 1.79 bits per heavy atom. The number of hydrogen-bond acceptors (Lipinski definition) is 6. The average molecular weight is 415 g/mol. The molecule has 0 unspecified atom stereocenters.